The first-order valence-electron chi connectivity index (χ1n) is 15.1. The van der Waals surface area contributed by atoms with Gasteiger partial charge in [-0.3, -0.25) is 24.1 Å². The van der Waals surface area contributed by atoms with Crippen molar-refractivity contribution in [2.45, 2.75) is 43.7 Å². The number of H-pyrrole nitrogens is 1. The molecule has 43 heavy (non-hydrogen) atoms. The number of nitrogens with one attached hydrogen (secondary N) is 1. The Hall–Kier alpha value is -3.82. The standard InChI is InChI=1S/C35H40N4O4/c1-26-21-39(34(41)36-33(26)40)32-24-38(23-31(43-32)22-37-20-12-19-30(37)25-42-2)35(27-13-6-3-7-14-27,28-15-8-4-9-16-28)29-17-10-5-11-18-29/h3-11,13-18,21,30-32H,12,19-20,22-25H2,1-2H3,(H,36,40,41)/t30-,31-,32+/m0/s1. The van der Waals surface area contributed by atoms with Gasteiger partial charge in [0.25, 0.3) is 5.56 Å². The van der Waals surface area contributed by atoms with E-state index < -0.39 is 17.5 Å². The van der Waals surface area contributed by atoms with Crippen molar-refractivity contribution in [3.8, 4) is 0 Å². The number of likely N-dealkylation sites (tertiary alicyclic amines) is 1. The highest BCUT2D eigenvalue weighted by Crippen LogP contribution is 2.44. The zero-order valence-electron chi connectivity index (χ0n) is 24.9. The molecule has 0 radical (unpaired) electrons. The molecule has 8 nitrogen and oxygen atoms in total. The van der Waals surface area contributed by atoms with Gasteiger partial charge < -0.3 is 9.47 Å². The number of aromatic amines is 1. The Morgan fingerprint density at radius 2 is 1.47 bits per heavy atom. The lowest BCUT2D eigenvalue weighted by Crippen LogP contribution is -2.59. The van der Waals surface area contributed by atoms with Crippen LogP contribution in [0.25, 0.3) is 0 Å². The van der Waals surface area contributed by atoms with Crippen LogP contribution in [0.1, 0.15) is 41.3 Å². The summed E-state index contributed by atoms with van der Waals surface area (Å²) >= 11 is 0. The summed E-state index contributed by atoms with van der Waals surface area (Å²) in [6.07, 6.45) is 3.03. The third kappa shape index (κ3) is 5.76. The number of nitrogens with zero attached hydrogens (tertiary/aromatic N) is 3. The predicted octanol–water partition coefficient (Wildman–Crippen LogP) is 4.15. The minimum absolute atomic E-state index is 0.203. The SMILES string of the molecule is COC[C@@H]1CCCN1C[C@H]1CN(C(c2ccccc2)(c2ccccc2)c2ccccc2)C[C@H](n2cc(C)c(=O)[nH]c2=O)O1. The Kier molecular flexibility index (Phi) is 8.72. The largest absolute Gasteiger partial charge is 0.383 e. The van der Waals surface area contributed by atoms with Gasteiger partial charge in [-0.25, -0.2) is 4.79 Å². The van der Waals surface area contributed by atoms with Crippen molar-refractivity contribution in [3.05, 3.63) is 140 Å². The maximum absolute atomic E-state index is 13.2. The summed E-state index contributed by atoms with van der Waals surface area (Å²) in [6.45, 7) is 5.17. The summed E-state index contributed by atoms with van der Waals surface area (Å²) in [4.78, 5) is 33.0. The van der Waals surface area contributed by atoms with Gasteiger partial charge in [-0.15, -0.1) is 0 Å². The molecule has 2 aliphatic rings. The number of rotatable bonds is 9. The predicted molar refractivity (Wildman–Crippen MR) is 167 cm³/mol. The first-order valence-corrected chi connectivity index (χ1v) is 15.1. The van der Waals surface area contributed by atoms with Crippen molar-refractivity contribution in [1.82, 2.24) is 19.4 Å². The van der Waals surface area contributed by atoms with Crippen molar-refractivity contribution >= 4 is 0 Å². The van der Waals surface area contributed by atoms with Gasteiger partial charge in [0.1, 0.15) is 0 Å². The second-order valence-corrected chi connectivity index (χ2v) is 11.7. The summed E-state index contributed by atoms with van der Waals surface area (Å²) in [6, 6.07) is 32.1. The molecule has 1 N–H and O–H groups in total. The quantitative estimate of drug-likeness (QED) is 0.300. The molecule has 2 aliphatic heterocycles. The van der Waals surface area contributed by atoms with E-state index in [-0.39, 0.29) is 11.7 Å². The summed E-state index contributed by atoms with van der Waals surface area (Å²) in [5, 5.41) is 0. The van der Waals surface area contributed by atoms with E-state index in [0.29, 0.717) is 37.8 Å². The van der Waals surface area contributed by atoms with Crippen molar-refractivity contribution in [1.29, 1.82) is 0 Å². The molecule has 8 heteroatoms. The van der Waals surface area contributed by atoms with Gasteiger partial charge in [-0.05, 0) is 43.0 Å². The van der Waals surface area contributed by atoms with Gasteiger partial charge in [0, 0.05) is 44.5 Å². The summed E-state index contributed by atoms with van der Waals surface area (Å²) < 4.78 is 13.9. The number of benzene rings is 3. The smallest absolute Gasteiger partial charge is 0.330 e. The van der Waals surface area contributed by atoms with Crippen LogP contribution in [0.4, 0.5) is 0 Å². The van der Waals surface area contributed by atoms with E-state index in [9.17, 15) is 9.59 Å². The highest BCUT2D eigenvalue weighted by Gasteiger charge is 2.47. The normalized spacial score (nSPS) is 21.7. The Morgan fingerprint density at radius 1 is 0.884 bits per heavy atom. The van der Waals surface area contributed by atoms with Crippen molar-refractivity contribution in [2.75, 3.05) is 39.9 Å². The van der Waals surface area contributed by atoms with E-state index >= 15 is 0 Å². The van der Waals surface area contributed by atoms with Crippen LogP contribution in [0.3, 0.4) is 0 Å². The minimum Gasteiger partial charge on any atom is -0.383 e. The van der Waals surface area contributed by atoms with Crippen molar-refractivity contribution < 1.29 is 9.47 Å². The van der Waals surface area contributed by atoms with E-state index in [4.69, 9.17) is 9.47 Å². The molecule has 4 aromatic rings. The topological polar surface area (TPSA) is 79.8 Å². The Labute approximate surface area is 252 Å². The molecule has 0 spiro atoms. The molecule has 3 aromatic carbocycles. The number of morpholine rings is 1. The third-order valence-corrected chi connectivity index (χ3v) is 8.95. The van der Waals surface area contributed by atoms with Gasteiger partial charge in [0.2, 0.25) is 0 Å². The van der Waals surface area contributed by atoms with Crippen LogP contribution in [0.2, 0.25) is 0 Å². The fourth-order valence-corrected chi connectivity index (χ4v) is 7.01. The van der Waals surface area contributed by atoms with Crippen molar-refractivity contribution in [3.63, 3.8) is 0 Å². The van der Waals surface area contributed by atoms with Crippen LogP contribution in [-0.2, 0) is 15.0 Å². The zero-order chi connectivity index (χ0) is 29.8. The maximum atomic E-state index is 13.2. The van der Waals surface area contributed by atoms with E-state index in [1.165, 1.54) is 0 Å². The first kappa shape index (κ1) is 29.3. The van der Waals surface area contributed by atoms with Gasteiger partial charge in [0.05, 0.1) is 18.2 Å². The number of aromatic nitrogens is 2. The van der Waals surface area contributed by atoms with Crippen LogP contribution < -0.4 is 11.2 Å². The molecule has 6 rings (SSSR count). The third-order valence-electron chi connectivity index (χ3n) is 8.95. The van der Waals surface area contributed by atoms with Crippen LogP contribution >= 0.6 is 0 Å². The van der Waals surface area contributed by atoms with Gasteiger partial charge >= 0.3 is 5.69 Å². The molecule has 0 unspecified atom stereocenters. The second-order valence-electron chi connectivity index (χ2n) is 11.7. The number of methoxy groups -OCH3 is 1. The molecule has 0 bridgehead atoms. The highest BCUT2D eigenvalue weighted by atomic mass is 16.5. The lowest BCUT2D eigenvalue weighted by atomic mass is 9.75. The van der Waals surface area contributed by atoms with Gasteiger partial charge in [0.15, 0.2) is 6.23 Å². The van der Waals surface area contributed by atoms with E-state index in [0.717, 1.165) is 36.1 Å². The zero-order valence-corrected chi connectivity index (χ0v) is 24.9. The molecule has 0 saturated carbocycles. The average molecular weight is 581 g/mol. The Balaban J connectivity index is 1.52. The molecular weight excluding hydrogens is 540 g/mol. The first-order chi connectivity index (χ1) is 21.0. The lowest BCUT2D eigenvalue weighted by molar-refractivity contribution is -0.146. The second kappa shape index (κ2) is 12.8. The molecule has 2 saturated heterocycles. The van der Waals surface area contributed by atoms with E-state index in [1.807, 2.05) is 18.2 Å². The monoisotopic (exact) mass is 580 g/mol. The van der Waals surface area contributed by atoms with Crippen LogP contribution in [0.15, 0.2) is 107 Å². The van der Waals surface area contributed by atoms with Crippen LogP contribution in [-0.4, -0.2) is 71.4 Å². The number of hydrogen-bond acceptors (Lipinski definition) is 6. The molecular formula is C35H40N4O4. The molecule has 1 aromatic heterocycles. The Bertz CT molecular complexity index is 1510. The van der Waals surface area contributed by atoms with Crippen molar-refractivity contribution in [2.24, 2.45) is 0 Å². The van der Waals surface area contributed by atoms with E-state index in [1.54, 1.807) is 24.8 Å². The summed E-state index contributed by atoms with van der Waals surface area (Å²) in [7, 11) is 1.75. The van der Waals surface area contributed by atoms with Gasteiger partial charge in [-0.1, -0.05) is 91.0 Å². The molecule has 3 heterocycles. The fraction of sp³-hybridized carbons (Fsp3) is 0.371. The number of ether oxygens (including phenoxy) is 2. The van der Waals surface area contributed by atoms with E-state index in [2.05, 4.69) is 87.6 Å². The average Bonchev–Trinajstić information content (AvgIpc) is 3.47. The minimum atomic E-state index is -0.665. The molecule has 224 valence electrons. The number of hydrogen-bond donors (Lipinski definition) is 1. The highest BCUT2D eigenvalue weighted by molar-refractivity contribution is 5.49. The fourth-order valence-electron chi connectivity index (χ4n) is 7.01. The summed E-state index contributed by atoms with van der Waals surface area (Å²) in [5.74, 6) is 0. The molecule has 2 fully saturated rings. The molecule has 0 amide bonds. The number of aryl methyl sites for hydroxylation is 1. The Morgan fingerprint density at radius 3 is 2.02 bits per heavy atom. The summed E-state index contributed by atoms with van der Waals surface area (Å²) in [5.41, 5.74) is 2.36. The molecule has 0 aliphatic carbocycles. The maximum Gasteiger partial charge on any atom is 0.330 e. The van der Waals surface area contributed by atoms with Crippen LogP contribution in [0.5, 0.6) is 0 Å². The lowest BCUT2D eigenvalue weighted by Gasteiger charge is -2.51. The van der Waals surface area contributed by atoms with Crippen LogP contribution in [0, 0.1) is 6.92 Å². The van der Waals surface area contributed by atoms with Gasteiger partial charge in [-0.2, -0.15) is 0 Å². The molecule has 3 atom stereocenters.